The van der Waals surface area contributed by atoms with Crippen LogP contribution in [-0.2, 0) is 0 Å². The summed E-state index contributed by atoms with van der Waals surface area (Å²) < 4.78 is 0. The van der Waals surface area contributed by atoms with Crippen LogP contribution in [0.15, 0.2) is 42.6 Å². The van der Waals surface area contributed by atoms with E-state index >= 15 is 0 Å². The number of aromatic nitrogens is 1. The lowest BCUT2D eigenvalue weighted by atomic mass is 10.0. The quantitative estimate of drug-likeness (QED) is 0.889. The SMILES string of the molecule is Cc1ccccc1C(C)Nc1ccnc(C#N)c1. The van der Waals surface area contributed by atoms with Gasteiger partial charge in [0.05, 0.1) is 0 Å². The molecular weight excluding hydrogens is 222 g/mol. The van der Waals surface area contributed by atoms with E-state index in [1.165, 1.54) is 11.1 Å². The molecular formula is C15H15N3. The number of nitriles is 1. The summed E-state index contributed by atoms with van der Waals surface area (Å²) in [4.78, 5) is 3.95. The zero-order valence-electron chi connectivity index (χ0n) is 10.5. The molecule has 2 aromatic rings. The van der Waals surface area contributed by atoms with Crippen molar-refractivity contribution >= 4 is 5.69 Å². The lowest BCUT2D eigenvalue weighted by molar-refractivity contribution is 0.873. The molecule has 0 saturated carbocycles. The summed E-state index contributed by atoms with van der Waals surface area (Å²) in [7, 11) is 0. The Labute approximate surface area is 107 Å². The highest BCUT2D eigenvalue weighted by Crippen LogP contribution is 2.21. The molecule has 0 fully saturated rings. The minimum Gasteiger partial charge on any atom is -0.378 e. The van der Waals surface area contributed by atoms with Gasteiger partial charge in [-0.05, 0) is 37.1 Å². The van der Waals surface area contributed by atoms with Crippen molar-refractivity contribution in [3.63, 3.8) is 0 Å². The molecule has 18 heavy (non-hydrogen) atoms. The number of hydrogen-bond donors (Lipinski definition) is 1. The molecule has 0 bridgehead atoms. The van der Waals surface area contributed by atoms with Crippen molar-refractivity contribution in [3.05, 3.63) is 59.4 Å². The van der Waals surface area contributed by atoms with Crippen LogP contribution in [-0.4, -0.2) is 4.98 Å². The summed E-state index contributed by atoms with van der Waals surface area (Å²) in [6.07, 6.45) is 1.64. The molecule has 1 unspecified atom stereocenters. The van der Waals surface area contributed by atoms with Crippen molar-refractivity contribution < 1.29 is 0 Å². The van der Waals surface area contributed by atoms with Crippen molar-refractivity contribution in [2.24, 2.45) is 0 Å². The van der Waals surface area contributed by atoms with Crippen LogP contribution >= 0.6 is 0 Å². The summed E-state index contributed by atoms with van der Waals surface area (Å²) >= 11 is 0. The third-order valence-electron chi connectivity index (χ3n) is 2.91. The minimum absolute atomic E-state index is 0.195. The zero-order chi connectivity index (χ0) is 13.0. The van der Waals surface area contributed by atoms with Gasteiger partial charge in [-0.3, -0.25) is 0 Å². The summed E-state index contributed by atoms with van der Waals surface area (Å²) in [5.41, 5.74) is 3.86. The Morgan fingerprint density at radius 2 is 2.06 bits per heavy atom. The normalized spacial score (nSPS) is 11.6. The number of nitrogens with zero attached hydrogens (tertiary/aromatic N) is 2. The highest BCUT2D eigenvalue weighted by Gasteiger charge is 2.07. The number of anilines is 1. The molecule has 0 saturated heterocycles. The van der Waals surface area contributed by atoms with E-state index in [0.717, 1.165) is 5.69 Å². The minimum atomic E-state index is 0.195. The average molecular weight is 237 g/mol. The van der Waals surface area contributed by atoms with E-state index in [1.807, 2.05) is 24.3 Å². The Morgan fingerprint density at radius 1 is 1.28 bits per heavy atom. The largest absolute Gasteiger partial charge is 0.378 e. The van der Waals surface area contributed by atoms with E-state index in [1.54, 1.807) is 12.3 Å². The van der Waals surface area contributed by atoms with E-state index < -0.39 is 0 Å². The molecule has 0 spiro atoms. The molecule has 1 heterocycles. The van der Waals surface area contributed by atoms with Crippen LogP contribution in [0.5, 0.6) is 0 Å². The lowest BCUT2D eigenvalue weighted by Crippen LogP contribution is -2.08. The zero-order valence-corrected chi connectivity index (χ0v) is 10.5. The number of hydrogen-bond acceptors (Lipinski definition) is 3. The summed E-state index contributed by atoms with van der Waals surface area (Å²) in [5, 5.41) is 12.2. The van der Waals surface area contributed by atoms with Crippen LogP contribution in [0.1, 0.15) is 29.8 Å². The Kier molecular flexibility index (Phi) is 3.59. The van der Waals surface area contributed by atoms with Gasteiger partial charge >= 0.3 is 0 Å². The van der Waals surface area contributed by atoms with E-state index in [-0.39, 0.29) is 6.04 Å². The van der Waals surface area contributed by atoms with Gasteiger partial charge in [0.25, 0.3) is 0 Å². The summed E-state index contributed by atoms with van der Waals surface area (Å²) in [6.45, 7) is 4.20. The Hall–Kier alpha value is -2.34. The van der Waals surface area contributed by atoms with Gasteiger partial charge in [0.1, 0.15) is 11.8 Å². The molecule has 0 aliphatic heterocycles. The Bertz CT molecular complexity index is 584. The molecule has 3 heteroatoms. The van der Waals surface area contributed by atoms with E-state index in [4.69, 9.17) is 5.26 Å². The highest BCUT2D eigenvalue weighted by atomic mass is 14.9. The fourth-order valence-corrected chi connectivity index (χ4v) is 1.98. The molecule has 1 N–H and O–H groups in total. The van der Waals surface area contributed by atoms with Crippen LogP contribution in [0.25, 0.3) is 0 Å². The molecule has 1 aromatic heterocycles. The highest BCUT2D eigenvalue weighted by molar-refractivity contribution is 5.48. The van der Waals surface area contributed by atoms with E-state index in [2.05, 4.69) is 36.3 Å². The molecule has 3 nitrogen and oxygen atoms in total. The lowest BCUT2D eigenvalue weighted by Gasteiger charge is -2.17. The van der Waals surface area contributed by atoms with Gasteiger partial charge in [0, 0.05) is 17.9 Å². The first kappa shape index (κ1) is 12.1. The van der Waals surface area contributed by atoms with Gasteiger partial charge in [0.15, 0.2) is 0 Å². The van der Waals surface area contributed by atoms with Crippen molar-refractivity contribution in [1.29, 1.82) is 5.26 Å². The first-order valence-corrected chi connectivity index (χ1v) is 5.89. The van der Waals surface area contributed by atoms with Crippen molar-refractivity contribution in [2.75, 3.05) is 5.32 Å². The van der Waals surface area contributed by atoms with Crippen LogP contribution in [0, 0.1) is 18.3 Å². The monoisotopic (exact) mass is 237 g/mol. The van der Waals surface area contributed by atoms with Gasteiger partial charge in [-0.25, -0.2) is 4.98 Å². The van der Waals surface area contributed by atoms with Crippen molar-refractivity contribution in [2.45, 2.75) is 19.9 Å². The topological polar surface area (TPSA) is 48.7 Å². The Morgan fingerprint density at radius 3 is 2.78 bits per heavy atom. The summed E-state index contributed by atoms with van der Waals surface area (Å²) in [6, 6.07) is 14.1. The fourth-order valence-electron chi connectivity index (χ4n) is 1.98. The first-order valence-electron chi connectivity index (χ1n) is 5.89. The van der Waals surface area contributed by atoms with Crippen LogP contribution in [0.3, 0.4) is 0 Å². The predicted molar refractivity (Wildman–Crippen MR) is 72.2 cm³/mol. The molecule has 0 radical (unpaired) electrons. The number of rotatable bonds is 3. The number of benzene rings is 1. The van der Waals surface area contributed by atoms with Gasteiger partial charge in [-0.15, -0.1) is 0 Å². The second kappa shape index (κ2) is 5.33. The molecule has 90 valence electrons. The van der Waals surface area contributed by atoms with Gasteiger partial charge in [0.2, 0.25) is 0 Å². The van der Waals surface area contributed by atoms with Crippen LogP contribution in [0.4, 0.5) is 5.69 Å². The van der Waals surface area contributed by atoms with Crippen LogP contribution < -0.4 is 5.32 Å². The van der Waals surface area contributed by atoms with E-state index in [0.29, 0.717) is 5.69 Å². The average Bonchev–Trinajstić information content (AvgIpc) is 2.39. The summed E-state index contributed by atoms with van der Waals surface area (Å²) in [5.74, 6) is 0. The molecule has 1 aromatic carbocycles. The maximum Gasteiger partial charge on any atom is 0.142 e. The van der Waals surface area contributed by atoms with Gasteiger partial charge in [-0.2, -0.15) is 5.26 Å². The van der Waals surface area contributed by atoms with Crippen molar-refractivity contribution in [1.82, 2.24) is 4.98 Å². The smallest absolute Gasteiger partial charge is 0.142 e. The maximum atomic E-state index is 8.82. The standard InChI is InChI=1S/C15H15N3/c1-11-5-3-4-6-15(11)12(2)18-13-7-8-17-14(9-13)10-16/h3-9,12H,1-2H3,(H,17,18). The van der Waals surface area contributed by atoms with Crippen LogP contribution in [0.2, 0.25) is 0 Å². The van der Waals surface area contributed by atoms with Gasteiger partial charge < -0.3 is 5.32 Å². The number of aryl methyl sites for hydroxylation is 1. The predicted octanol–water partition coefficient (Wildman–Crippen LogP) is 3.43. The molecule has 0 aliphatic rings. The second-order valence-corrected chi connectivity index (χ2v) is 4.26. The first-order chi connectivity index (χ1) is 8.70. The van der Waals surface area contributed by atoms with Gasteiger partial charge in [-0.1, -0.05) is 24.3 Å². The molecule has 2 rings (SSSR count). The van der Waals surface area contributed by atoms with Crippen molar-refractivity contribution in [3.8, 4) is 6.07 Å². The second-order valence-electron chi connectivity index (χ2n) is 4.26. The Balaban J connectivity index is 2.19. The third-order valence-corrected chi connectivity index (χ3v) is 2.91. The molecule has 1 atom stereocenters. The number of pyridine rings is 1. The molecule has 0 amide bonds. The fraction of sp³-hybridized carbons (Fsp3) is 0.200. The van der Waals surface area contributed by atoms with E-state index in [9.17, 15) is 0 Å². The number of nitrogens with one attached hydrogen (secondary N) is 1. The maximum absolute atomic E-state index is 8.82. The third kappa shape index (κ3) is 2.67. The molecule has 0 aliphatic carbocycles.